The van der Waals surface area contributed by atoms with E-state index in [4.69, 9.17) is 9.51 Å². The van der Waals surface area contributed by atoms with Gasteiger partial charge in [-0.25, -0.2) is 9.97 Å². The van der Waals surface area contributed by atoms with E-state index in [0.29, 0.717) is 24.8 Å². The van der Waals surface area contributed by atoms with Crippen molar-refractivity contribution in [1.29, 1.82) is 0 Å². The number of aromatic nitrogens is 3. The summed E-state index contributed by atoms with van der Waals surface area (Å²) in [5, 5.41) is 15.4. The molecule has 0 spiro atoms. The lowest BCUT2D eigenvalue weighted by Crippen LogP contribution is -2.39. The number of carbonyl (C=O) groups is 1. The number of nitro benzene ring substituents is 1. The molecule has 164 valence electrons. The molecular weight excluding hydrogens is 410 g/mol. The standard InChI is InChI=1S/C23H23N5O4/c1-14-11-20(32-26-14)18-12-24-22(15-8-9-15)25-21(18)16-5-4-10-27(13-16)23(29)17-6-2-3-7-19(17)28(30)31/h2-3,6-7,11-12,15-16H,4-5,8-10,13H2,1H3. The number of hydrogen-bond acceptors (Lipinski definition) is 7. The van der Waals surface area contributed by atoms with Crippen molar-refractivity contribution in [3.05, 3.63) is 69.4 Å². The monoisotopic (exact) mass is 433 g/mol. The molecule has 0 bridgehead atoms. The molecule has 1 amide bonds. The van der Waals surface area contributed by atoms with Crippen molar-refractivity contribution in [2.75, 3.05) is 13.1 Å². The Morgan fingerprint density at radius 3 is 2.75 bits per heavy atom. The average molecular weight is 433 g/mol. The predicted octanol–water partition coefficient (Wildman–Crippen LogP) is 4.25. The number of nitrogens with zero attached hydrogens (tertiary/aromatic N) is 5. The van der Waals surface area contributed by atoms with Gasteiger partial charge in [-0.05, 0) is 38.7 Å². The first kappa shape index (κ1) is 20.3. The highest BCUT2D eigenvalue weighted by Crippen LogP contribution is 2.40. The van der Waals surface area contributed by atoms with Gasteiger partial charge < -0.3 is 9.42 Å². The van der Waals surface area contributed by atoms with Gasteiger partial charge in [-0.15, -0.1) is 0 Å². The molecule has 0 N–H and O–H groups in total. The zero-order chi connectivity index (χ0) is 22.2. The number of nitro groups is 1. The molecule has 1 saturated carbocycles. The minimum atomic E-state index is -0.509. The number of piperidine rings is 1. The van der Waals surface area contributed by atoms with Crippen molar-refractivity contribution in [1.82, 2.24) is 20.0 Å². The molecule has 1 unspecified atom stereocenters. The van der Waals surface area contributed by atoms with E-state index in [0.717, 1.165) is 48.5 Å². The number of rotatable bonds is 5. The lowest BCUT2D eigenvalue weighted by molar-refractivity contribution is -0.385. The number of aryl methyl sites for hydroxylation is 1. The summed E-state index contributed by atoms with van der Waals surface area (Å²) < 4.78 is 5.50. The maximum Gasteiger partial charge on any atom is 0.282 e. The number of likely N-dealkylation sites (tertiary alicyclic amines) is 1. The second-order valence-electron chi connectivity index (χ2n) is 8.50. The fourth-order valence-corrected chi connectivity index (χ4v) is 4.31. The maximum atomic E-state index is 13.2. The summed E-state index contributed by atoms with van der Waals surface area (Å²) in [5.41, 5.74) is 2.37. The second kappa shape index (κ2) is 8.14. The third kappa shape index (κ3) is 3.86. The second-order valence-corrected chi connectivity index (χ2v) is 8.50. The van der Waals surface area contributed by atoms with Crippen LogP contribution in [0.4, 0.5) is 5.69 Å². The topological polar surface area (TPSA) is 115 Å². The van der Waals surface area contributed by atoms with Crippen LogP contribution >= 0.6 is 0 Å². The number of carbonyl (C=O) groups excluding carboxylic acids is 1. The molecule has 5 rings (SSSR count). The van der Waals surface area contributed by atoms with Gasteiger partial charge in [0.05, 0.1) is 21.9 Å². The smallest absolute Gasteiger partial charge is 0.282 e. The van der Waals surface area contributed by atoms with Crippen LogP contribution in [0.15, 0.2) is 41.1 Å². The molecule has 3 heterocycles. The Balaban J connectivity index is 1.47. The van der Waals surface area contributed by atoms with Crippen LogP contribution in [0.1, 0.15) is 65.1 Å². The number of benzene rings is 1. The Bertz CT molecular complexity index is 1190. The van der Waals surface area contributed by atoms with Crippen molar-refractivity contribution >= 4 is 11.6 Å². The third-order valence-corrected chi connectivity index (χ3v) is 6.10. The van der Waals surface area contributed by atoms with Gasteiger partial charge in [-0.3, -0.25) is 14.9 Å². The van der Waals surface area contributed by atoms with Crippen LogP contribution < -0.4 is 0 Å². The van der Waals surface area contributed by atoms with E-state index in [-0.39, 0.29) is 23.1 Å². The fraction of sp³-hybridized carbons (Fsp3) is 0.391. The molecule has 3 aromatic rings. The number of para-hydroxylation sites is 1. The van der Waals surface area contributed by atoms with Crippen LogP contribution in [0.2, 0.25) is 0 Å². The van der Waals surface area contributed by atoms with Crippen molar-refractivity contribution in [3.63, 3.8) is 0 Å². The first-order valence-electron chi connectivity index (χ1n) is 10.8. The lowest BCUT2D eigenvalue weighted by Gasteiger charge is -2.33. The third-order valence-electron chi connectivity index (χ3n) is 6.10. The van der Waals surface area contributed by atoms with E-state index in [1.807, 2.05) is 13.0 Å². The molecular formula is C23H23N5O4. The molecule has 1 saturated heterocycles. The van der Waals surface area contributed by atoms with Crippen LogP contribution in [0.25, 0.3) is 11.3 Å². The van der Waals surface area contributed by atoms with Crippen LogP contribution in [-0.4, -0.2) is 43.9 Å². The van der Waals surface area contributed by atoms with Gasteiger partial charge in [0.15, 0.2) is 5.76 Å². The van der Waals surface area contributed by atoms with Crippen LogP contribution in [0.5, 0.6) is 0 Å². The van der Waals surface area contributed by atoms with Crippen LogP contribution in [0, 0.1) is 17.0 Å². The summed E-state index contributed by atoms with van der Waals surface area (Å²) in [7, 11) is 0. The molecule has 1 atom stereocenters. The van der Waals surface area contributed by atoms with Gasteiger partial charge in [0, 0.05) is 43.3 Å². The number of amides is 1. The fourth-order valence-electron chi connectivity index (χ4n) is 4.31. The Morgan fingerprint density at radius 2 is 2.03 bits per heavy atom. The van der Waals surface area contributed by atoms with E-state index in [2.05, 4.69) is 10.1 Å². The highest BCUT2D eigenvalue weighted by Gasteiger charge is 2.33. The molecule has 2 aliphatic rings. The van der Waals surface area contributed by atoms with Crippen LogP contribution in [-0.2, 0) is 0 Å². The Labute approximate surface area is 184 Å². The molecule has 0 radical (unpaired) electrons. The summed E-state index contributed by atoms with van der Waals surface area (Å²) in [6, 6.07) is 7.96. The van der Waals surface area contributed by atoms with Crippen molar-refractivity contribution in [2.24, 2.45) is 0 Å². The SMILES string of the molecule is Cc1cc(-c2cnc(C3CC3)nc2C2CCCN(C(=O)c3ccccc3[N+](=O)[O-])C2)on1. The van der Waals surface area contributed by atoms with E-state index >= 15 is 0 Å². The lowest BCUT2D eigenvalue weighted by atomic mass is 9.90. The average Bonchev–Trinajstić information content (AvgIpc) is 3.58. The summed E-state index contributed by atoms with van der Waals surface area (Å²) in [6.07, 6.45) is 5.63. The normalized spacial score (nSPS) is 18.5. The molecule has 1 aliphatic heterocycles. The summed E-state index contributed by atoms with van der Waals surface area (Å²) in [4.78, 5) is 35.3. The van der Waals surface area contributed by atoms with E-state index < -0.39 is 4.92 Å². The van der Waals surface area contributed by atoms with Crippen LogP contribution in [0.3, 0.4) is 0 Å². The predicted molar refractivity (Wildman–Crippen MR) is 115 cm³/mol. The summed E-state index contributed by atoms with van der Waals surface area (Å²) in [6.45, 7) is 2.85. The molecule has 9 heteroatoms. The van der Waals surface area contributed by atoms with Gasteiger partial charge in [0.1, 0.15) is 11.4 Å². The summed E-state index contributed by atoms with van der Waals surface area (Å²) in [5.74, 6) is 1.50. The Morgan fingerprint density at radius 1 is 1.22 bits per heavy atom. The Hall–Kier alpha value is -3.62. The van der Waals surface area contributed by atoms with Gasteiger partial charge in [-0.1, -0.05) is 17.3 Å². The first-order chi connectivity index (χ1) is 15.5. The highest BCUT2D eigenvalue weighted by atomic mass is 16.6. The summed E-state index contributed by atoms with van der Waals surface area (Å²) >= 11 is 0. The van der Waals surface area contributed by atoms with Gasteiger partial charge in [0.2, 0.25) is 0 Å². The highest BCUT2D eigenvalue weighted by molar-refractivity contribution is 5.98. The first-order valence-corrected chi connectivity index (χ1v) is 10.8. The molecule has 32 heavy (non-hydrogen) atoms. The van der Waals surface area contributed by atoms with E-state index in [1.165, 1.54) is 12.1 Å². The van der Waals surface area contributed by atoms with Gasteiger partial charge in [0.25, 0.3) is 11.6 Å². The zero-order valence-corrected chi connectivity index (χ0v) is 17.7. The van der Waals surface area contributed by atoms with E-state index in [1.54, 1.807) is 23.2 Å². The molecule has 1 aromatic carbocycles. The van der Waals surface area contributed by atoms with Gasteiger partial charge in [-0.2, -0.15) is 0 Å². The minimum Gasteiger partial charge on any atom is -0.356 e. The molecule has 2 fully saturated rings. The zero-order valence-electron chi connectivity index (χ0n) is 17.7. The van der Waals surface area contributed by atoms with Gasteiger partial charge >= 0.3 is 0 Å². The minimum absolute atomic E-state index is 0.0172. The quantitative estimate of drug-likeness (QED) is 0.436. The molecule has 2 aromatic heterocycles. The van der Waals surface area contributed by atoms with Crippen molar-refractivity contribution < 1.29 is 14.2 Å². The molecule has 9 nitrogen and oxygen atoms in total. The largest absolute Gasteiger partial charge is 0.356 e. The molecule has 1 aliphatic carbocycles. The van der Waals surface area contributed by atoms with E-state index in [9.17, 15) is 14.9 Å². The maximum absolute atomic E-state index is 13.2. The Kier molecular flexibility index (Phi) is 5.16. The number of hydrogen-bond donors (Lipinski definition) is 0. The van der Waals surface area contributed by atoms with Crippen molar-refractivity contribution in [2.45, 2.75) is 44.4 Å². The van der Waals surface area contributed by atoms with Crippen molar-refractivity contribution in [3.8, 4) is 11.3 Å².